The number of nitrogens with zero attached hydrogens (tertiary/aromatic N) is 2. The van der Waals surface area contributed by atoms with E-state index in [1.54, 1.807) is 0 Å². The first-order valence-corrected chi connectivity index (χ1v) is 10.9. The van der Waals surface area contributed by atoms with Crippen LogP contribution in [0, 0.1) is 6.92 Å². The monoisotopic (exact) mass is 436 g/mol. The number of aromatic nitrogens is 2. The maximum Gasteiger partial charge on any atom is 0.225 e. The van der Waals surface area contributed by atoms with Gasteiger partial charge in [-0.1, -0.05) is 28.9 Å². The molecule has 0 aliphatic carbocycles. The molecule has 2 N–H and O–H groups in total. The summed E-state index contributed by atoms with van der Waals surface area (Å²) in [5, 5.41) is 9.02. The van der Waals surface area contributed by atoms with Crippen LogP contribution in [0.15, 0.2) is 53.1 Å². The van der Waals surface area contributed by atoms with Gasteiger partial charge in [-0.25, -0.2) is 0 Å². The quantitative estimate of drug-likeness (QED) is 0.407. The molecule has 0 radical (unpaired) electrons. The Morgan fingerprint density at radius 2 is 2.06 bits per heavy atom. The van der Waals surface area contributed by atoms with Crippen LogP contribution < -0.4 is 10.1 Å². The highest BCUT2D eigenvalue weighted by Gasteiger charge is 2.29. The van der Waals surface area contributed by atoms with Gasteiger partial charge in [0, 0.05) is 34.2 Å². The number of halogens is 1. The molecular weight excluding hydrogens is 412 g/mol. The minimum absolute atomic E-state index is 0.181. The maximum absolute atomic E-state index is 6.25. The molecule has 1 aliphatic heterocycles. The van der Waals surface area contributed by atoms with Gasteiger partial charge < -0.3 is 19.6 Å². The molecule has 0 bridgehead atoms. The van der Waals surface area contributed by atoms with Gasteiger partial charge in [0.2, 0.25) is 5.88 Å². The highest BCUT2D eigenvalue weighted by molar-refractivity contribution is 6.31. The summed E-state index contributed by atoms with van der Waals surface area (Å²) < 4.78 is 11.0. The minimum atomic E-state index is 0.181. The van der Waals surface area contributed by atoms with Crippen LogP contribution in [0.3, 0.4) is 0 Å². The number of nitrogens with one attached hydrogen (secondary N) is 2. The summed E-state index contributed by atoms with van der Waals surface area (Å²) in [6.45, 7) is 4.07. The highest BCUT2D eigenvalue weighted by Crippen LogP contribution is 2.38. The van der Waals surface area contributed by atoms with Crippen molar-refractivity contribution in [1.82, 2.24) is 15.0 Å². The van der Waals surface area contributed by atoms with E-state index in [1.807, 2.05) is 31.2 Å². The largest absolute Gasteiger partial charge is 0.492 e. The molecule has 0 saturated carbocycles. The summed E-state index contributed by atoms with van der Waals surface area (Å²) in [5.74, 6) is 1.51. The number of ether oxygens (including phenoxy) is 1. The summed E-state index contributed by atoms with van der Waals surface area (Å²) in [6, 6.07) is 16.5. The first-order valence-electron chi connectivity index (χ1n) is 10.5. The van der Waals surface area contributed by atoms with Crippen molar-refractivity contribution in [3.05, 3.63) is 76.1 Å². The molecule has 160 valence electrons. The Bertz CT molecular complexity index is 1200. The second kappa shape index (κ2) is 8.29. The number of anilines is 1. The number of fused-ring (bicyclic) bond motifs is 3. The van der Waals surface area contributed by atoms with Crippen molar-refractivity contribution in [2.24, 2.45) is 0 Å². The summed E-state index contributed by atoms with van der Waals surface area (Å²) in [6.07, 6.45) is 1.02. The molecule has 0 amide bonds. The fourth-order valence-electron chi connectivity index (χ4n) is 4.34. The van der Waals surface area contributed by atoms with E-state index in [1.165, 1.54) is 22.2 Å². The fourth-order valence-corrected chi connectivity index (χ4v) is 4.51. The molecule has 0 spiro atoms. The molecule has 2 aromatic heterocycles. The third kappa shape index (κ3) is 4.01. The first kappa shape index (κ1) is 20.0. The van der Waals surface area contributed by atoms with Crippen LogP contribution in [-0.4, -0.2) is 41.8 Å². The van der Waals surface area contributed by atoms with Crippen molar-refractivity contribution in [3.63, 3.8) is 0 Å². The molecule has 3 heterocycles. The second-order valence-electron chi connectivity index (χ2n) is 8.02. The Kier molecular flexibility index (Phi) is 5.34. The lowest BCUT2D eigenvalue weighted by Crippen LogP contribution is -2.32. The summed E-state index contributed by atoms with van der Waals surface area (Å²) in [4.78, 5) is 6.03. The van der Waals surface area contributed by atoms with Crippen LogP contribution in [0.1, 0.15) is 28.6 Å². The van der Waals surface area contributed by atoms with Crippen molar-refractivity contribution in [3.8, 4) is 5.75 Å². The smallest absolute Gasteiger partial charge is 0.225 e. The lowest BCUT2D eigenvalue weighted by atomic mass is 9.93. The average Bonchev–Trinajstić information content (AvgIpc) is 3.34. The van der Waals surface area contributed by atoms with E-state index in [-0.39, 0.29) is 6.04 Å². The van der Waals surface area contributed by atoms with Crippen molar-refractivity contribution >= 4 is 28.4 Å². The van der Waals surface area contributed by atoms with Gasteiger partial charge >= 0.3 is 0 Å². The summed E-state index contributed by atoms with van der Waals surface area (Å²) in [7, 11) is 2.17. The molecule has 5 rings (SSSR count). The van der Waals surface area contributed by atoms with Crippen LogP contribution in [0.5, 0.6) is 5.75 Å². The molecule has 6 nitrogen and oxygen atoms in total. The van der Waals surface area contributed by atoms with Crippen molar-refractivity contribution in [2.75, 3.05) is 32.1 Å². The Morgan fingerprint density at radius 3 is 2.84 bits per heavy atom. The average molecular weight is 437 g/mol. The fraction of sp³-hybridized carbons (Fsp3) is 0.292. The Balaban J connectivity index is 1.30. The van der Waals surface area contributed by atoms with E-state index >= 15 is 0 Å². The van der Waals surface area contributed by atoms with E-state index in [2.05, 4.69) is 51.7 Å². The Hall–Kier alpha value is -2.96. The predicted octanol–water partition coefficient (Wildman–Crippen LogP) is 5.19. The molecule has 1 unspecified atom stereocenters. The van der Waals surface area contributed by atoms with E-state index in [9.17, 15) is 0 Å². The second-order valence-corrected chi connectivity index (χ2v) is 8.45. The van der Waals surface area contributed by atoms with Crippen molar-refractivity contribution < 1.29 is 9.26 Å². The number of aromatic amines is 1. The Morgan fingerprint density at radius 1 is 1.23 bits per heavy atom. The lowest BCUT2D eigenvalue weighted by Gasteiger charge is -2.33. The van der Waals surface area contributed by atoms with Crippen molar-refractivity contribution in [1.29, 1.82) is 0 Å². The standard InChI is InChI=1S/C24H25ClN4O2/c1-15-13-22(31-28-15)26-10-12-30-18-6-3-16(4-7-18)24-23-19(9-11-29(24)2)20-14-17(25)5-8-21(20)27-23/h3-8,13-14,24,26-27H,9-12H2,1-2H3. The van der Waals surface area contributed by atoms with Crippen LogP contribution in [0.25, 0.3) is 10.9 Å². The van der Waals surface area contributed by atoms with Crippen LogP contribution in [0.2, 0.25) is 5.02 Å². The van der Waals surface area contributed by atoms with Gasteiger partial charge in [-0.3, -0.25) is 4.90 Å². The maximum atomic E-state index is 6.25. The minimum Gasteiger partial charge on any atom is -0.492 e. The third-order valence-corrected chi connectivity index (χ3v) is 6.06. The number of aryl methyl sites for hydroxylation is 1. The molecule has 0 saturated heterocycles. The van der Waals surface area contributed by atoms with Gasteiger partial charge in [0.15, 0.2) is 0 Å². The third-order valence-electron chi connectivity index (χ3n) is 5.82. The van der Waals surface area contributed by atoms with Crippen LogP contribution >= 0.6 is 11.6 Å². The number of likely N-dealkylation sites (N-methyl/N-ethyl adjacent to an activating group) is 1. The molecule has 4 aromatic rings. The predicted molar refractivity (Wildman–Crippen MR) is 123 cm³/mol. The zero-order chi connectivity index (χ0) is 21.4. The molecule has 1 aliphatic rings. The van der Waals surface area contributed by atoms with E-state index in [4.69, 9.17) is 20.9 Å². The highest BCUT2D eigenvalue weighted by atomic mass is 35.5. The van der Waals surface area contributed by atoms with Crippen LogP contribution in [0.4, 0.5) is 5.88 Å². The van der Waals surface area contributed by atoms with Gasteiger partial charge in [-0.2, -0.15) is 0 Å². The molecule has 31 heavy (non-hydrogen) atoms. The Labute approximate surface area is 186 Å². The van der Waals surface area contributed by atoms with Crippen molar-refractivity contribution in [2.45, 2.75) is 19.4 Å². The van der Waals surface area contributed by atoms with E-state index < -0.39 is 0 Å². The number of hydrogen-bond donors (Lipinski definition) is 2. The number of rotatable bonds is 6. The number of benzene rings is 2. The van der Waals surface area contributed by atoms with E-state index in [0.717, 1.165) is 34.9 Å². The SMILES string of the molecule is Cc1cc(NCCOc2ccc(C3c4[nH]c5ccc(Cl)cc5c4CCN3C)cc2)on1. The lowest BCUT2D eigenvalue weighted by molar-refractivity contribution is 0.261. The zero-order valence-corrected chi connectivity index (χ0v) is 18.4. The van der Waals surface area contributed by atoms with Gasteiger partial charge in [-0.05, 0) is 61.9 Å². The van der Waals surface area contributed by atoms with Gasteiger partial charge in [-0.15, -0.1) is 0 Å². The van der Waals surface area contributed by atoms with Crippen LogP contribution in [-0.2, 0) is 6.42 Å². The normalized spacial score (nSPS) is 16.4. The molecule has 0 fully saturated rings. The number of hydrogen-bond acceptors (Lipinski definition) is 5. The first-order chi connectivity index (χ1) is 15.1. The van der Waals surface area contributed by atoms with Gasteiger partial charge in [0.1, 0.15) is 12.4 Å². The molecule has 2 aromatic carbocycles. The molecule has 7 heteroatoms. The summed E-state index contributed by atoms with van der Waals surface area (Å²) in [5.41, 5.74) is 5.86. The summed E-state index contributed by atoms with van der Waals surface area (Å²) >= 11 is 6.25. The van der Waals surface area contributed by atoms with E-state index in [0.29, 0.717) is 19.0 Å². The molecule has 1 atom stereocenters. The zero-order valence-electron chi connectivity index (χ0n) is 17.6. The number of H-pyrrole nitrogens is 1. The van der Waals surface area contributed by atoms with Gasteiger partial charge in [0.05, 0.1) is 18.3 Å². The topological polar surface area (TPSA) is 66.3 Å². The molecular formula is C24H25ClN4O2. The van der Waals surface area contributed by atoms with Gasteiger partial charge in [0.25, 0.3) is 0 Å².